The van der Waals surface area contributed by atoms with Gasteiger partial charge in [-0.1, -0.05) is 22.9 Å². The molecule has 1 amide bonds. The molecule has 2 nitrogen and oxygen atoms in total. The average Bonchev–Trinajstić information content (AvgIpc) is 2.00. The minimum absolute atomic E-state index is 0.257. The summed E-state index contributed by atoms with van der Waals surface area (Å²) in [6.07, 6.45) is 3.07. The van der Waals surface area contributed by atoms with Gasteiger partial charge >= 0.3 is 0 Å². The predicted molar refractivity (Wildman–Crippen MR) is 53.4 cm³/mol. The van der Waals surface area contributed by atoms with E-state index in [1.54, 1.807) is 0 Å². The number of nitrogens with zero attached hydrogens (tertiary/aromatic N) is 1. The molecule has 0 aromatic carbocycles. The van der Waals surface area contributed by atoms with Gasteiger partial charge in [0.2, 0.25) is 5.91 Å². The van der Waals surface area contributed by atoms with Gasteiger partial charge < -0.3 is 4.90 Å². The third kappa shape index (κ3) is 2.47. The number of carbonyl (C=O) groups excluding carboxylic acids is 1. The summed E-state index contributed by atoms with van der Waals surface area (Å²) in [6, 6.07) is 0. The van der Waals surface area contributed by atoms with E-state index >= 15 is 0 Å². The van der Waals surface area contributed by atoms with E-state index in [1.807, 2.05) is 18.9 Å². The Morgan fingerprint density at radius 2 is 2.17 bits per heavy atom. The van der Waals surface area contributed by atoms with Crippen LogP contribution >= 0.6 is 15.9 Å². The molecule has 0 bridgehead atoms. The zero-order valence-electron chi connectivity index (χ0n) is 7.72. The van der Waals surface area contributed by atoms with E-state index < -0.39 is 0 Å². The first-order valence-electron chi connectivity index (χ1n) is 4.51. The van der Waals surface area contributed by atoms with Gasteiger partial charge in [0.15, 0.2) is 0 Å². The van der Waals surface area contributed by atoms with Crippen LogP contribution in [0.5, 0.6) is 0 Å². The van der Waals surface area contributed by atoms with Crippen molar-refractivity contribution in [3.8, 4) is 0 Å². The zero-order valence-corrected chi connectivity index (χ0v) is 9.30. The second kappa shape index (κ2) is 4.26. The van der Waals surface area contributed by atoms with Crippen LogP contribution in [0.3, 0.4) is 0 Å². The van der Waals surface area contributed by atoms with Crippen molar-refractivity contribution < 1.29 is 4.79 Å². The van der Waals surface area contributed by atoms with Gasteiger partial charge in [-0.2, -0.15) is 0 Å². The SMILES string of the molecule is CCC(=O)N(C)CC1CC(Br)C1. The molecule has 1 saturated carbocycles. The molecule has 1 fully saturated rings. The van der Waals surface area contributed by atoms with E-state index in [0.29, 0.717) is 11.2 Å². The summed E-state index contributed by atoms with van der Waals surface area (Å²) >= 11 is 3.54. The summed E-state index contributed by atoms with van der Waals surface area (Å²) in [4.78, 5) is 13.7. The maximum atomic E-state index is 11.2. The Hall–Kier alpha value is -0.0500. The Morgan fingerprint density at radius 1 is 1.58 bits per heavy atom. The second-order valence-corrected chi connectivity index (χ2v) is 4.86. The number of carbonyl (C=O) groups is 1. The van der Waals surface area contributed by atoms with E-state index in [1.165, 1.54) is 12.8 Å². The van der Waals surface area contributed by atoms with Crippen LogP contribution < -0.4 is 0 Å². The fraction of sp³-hybridized carbons (Fsp3) is 0.889. The van der Waals surface area contributed by atoms with Crippen molar-refractivity contribution in [3.63, 3.8) is 0 Å². The first-order valence-corrected chi connectivity index (χ1v) is 5.43. The minimum atomic E-state index is 0.257. The molecule has 1 aliphatic carbocycles. The molecule has 70 valence electrons. The van der Waals surface area contributed by atoms with Crippen molar-refractivity contribution in [2.24, 2.45) is 5.92 Å². The van der Waals surface area contributed by atoms with Crippen LogP contribution in [-0.4, -0.2) is 29.2 Å². The van der Waals surface area contributed by atoms with Gasteiger partial charge in [0, 0.05) is 24.8 Å². The molecule has 0 saturated heterocycles. The van der Waals surface area contributed by atoms with Crippen molar-refractivity contribution in [2.45, 2.75) is 31.0 Å². The van der Waals surface area contributed by atoms with E-state index in [2.05, 4.69) is 15.9 Å². The van der Waals surface area contributed by atoms with Crippen molar-refractivity contribution in [1.82, 2.24) is 4.90 Å². The highest BCUT2D eigenvalue weighted by Gasteiger charge is 2.28. The van der Waals surface area contributed by atoms with Crippen molar-refractivity contribution >= 4 is 21.8 Å². The summed E-state index contributed by atoms with van der Waals surface area (Å²) in [5.41, 5.74) is 0. The molecule has 12 heavy (non-hydrogen) atoms. The third-order valence-electron chi connectivity index (χ3n) is 2.44. The average molecular weight is 234 g/mol. The summed E-state index contributed by atoms with van der Waals surface area (Å²) < 4.78 is 0. The molecule has 0 aliphatic heterocycles. The first kappa shape index (κ1) is 10.0. The van der Waals surface area contributed by atoms with Crippen molar-refractivity contribution in [3.05, 3.63) is 0 Å². The van der Waals surface area contributed by atoms with Crippen LogP contribution in [0.4, 0.5) is 0 Å². The van der Waals surface area contributed by atoms with Gasteiger partial charge in [0.1, 0.15) is 0 Å². The second-order valence-electron chi connectivity index (χ2n) is 3.56. The van der Waals surface area contributed by atoms with E-state index in [4.69, 9.17) is 0 Å². The fourth-order valence-corrected chi connectivity index (χ4v) is 2.62. The molecule has 1 aliphatic rings. The lowest BCUT2D eigenvalue weighted by atomic mass is 9.85. The quantitative estimate of drug-likeness (QED) is 0.684. The smallest absolute Gasteiger partial charge is 0.222 e. The Balaban J connectivity index is 2.18. The zero-order chi connectivity index (χ0) is 9.14. The van der Waals surface area contributed by atoms with Gasteiger partial charge in [0.05, 0.1) is 0 Å². The molecule has 0 N–H and O–H groups in total. The summed E-state index contributed by atoms with van der Waals surface area (Å²) in [7, 11) is 1.90. The number of rotatable bonds is 3. The maximum absolute atomic E-state index is 11.2. The van der Waals surface area contributed by atoms with Crippen LogP contribution in [0.15, 0.2) is 0 Å². The van der Waals surface area contributed by atoms with Gasteiger partial charge in [-0.25, -0.2) is 0 Å². The van der Waals surface area contributed by atoms with Gasteiger partial charge in [-0.05, 0) is 18.8 Å². The summed E-state index contributed by atoms with van der Waals surface area (Å²) in [6.45, 7) is 2.85. The molecule has 3 heteroatoms. The monoisotopic (exact) mass is 233 g/mol. The molecule has 0 heterocycles. The predicted octanol–water partition coefficient (Wildman–Crippen LogP) is 2.03. The topological polar surface area (TPSA) is 20.3 Å². The fourth-order valence-electron chi connectivity index (χ4n) is 1.56. The highest BCUT2D eigenvalue weighted by atomic mass is 79.9. The van der Waals surface area contributed by atoms with Crippen molar-refractivity contribution in [2.75, 3.05) is 13.6 Å². The van der Waals surface area contributed by atoms with Gasteiger partial charge in [-0.3, -0.25) is 4.79 Å². The lowest BCUT2D eigenvalue weighted by Crippen LogP contribution is -2.37. The molecule has 0 atom stereocenters. The Kier molecular flexibility index (Phi) is 3.56. The number of halogens is 1. The van der Waals surface area contributed by atoms with Crippen LogP contribution in [0.1, 0.15) is 26.2 Å². The van der Waals surface area contributed by atoms with Crippen LogP contribution in [0.2, 0.25) is 0 Å². The molecule has 0 aromatic heterocycles. The Labute approximate surface area is 82.4 Å². The Morgan fingerprint density at radius 3 is 2.58 bits per heavy atom. The third-order valence-corrected chi connectivity index (χ3v) is 3.19. The molecular weight excluding hydrogens is 218 g/mol. The number of hydrogen-bond donors (Lipinski definition) is 0. The van der Waals surface area contributed by atoms with Crippen LogP contribution in [0.25, 0.3) is 0 Å². The lowest BCUT2D eigenvalue weighted by Gasteiger charge is -2.34. The molecule has 1 rings (SSSR count). The van der Waals surface area contributed by atoms with E-state index in [-0.39, 0.29) is 5.91 Å². The number of hydrogen-bond acceptors (Lipinski definition) is 1. The molecular formula is C9H16BrNO. The molecule has 0 spiro atoms. The van der Waals surface area contributed by atoms with Crippen LogP contribution in [-0.2, 0) is 4.79 Å². The lowest BCUT2D eigenvalue weighted by molar-refractivity contribution is -0.130. The standard InChI is InChI=1S/C9H16BrNO/c1-3-9(12)11(2)6-7-4-8(10)5-7/h7-8H,3-6H2,1-2H3. The maximum Gasteiger partial charge on any atom is 0.222 e. The van der Waals surface area contributed by atoms with E-state index in [0.717, 1.165) is 12.5 Å². The number of amides is 1. The Bertz CT molecular complexity index is 166. The first-order chi connectivity index (χ1) is 5.63. The highest BCUT2D eigenvalue weighted by Crippen LogP contribution is 2.33. The van der Waals surface area contributed by atoms with Crippen molar-refractivity contribution in [1.29, 1.82) is 0 Å². The summed E-state index contributed by atoms with van der Waals surface area (Å²) in [5, 5.41) is 0. The normalized spacial score (nSPS) is 27.9. The van der Waals surface area contributed by atoms with Gasteiger partial charge in [0.25, 0.3) is 0 Å². The van der Waals surface area contributed by atoms with E-state index in [9.17, 15) is 4.79 Å². The molecule has 0 radical (unpaired) electrons. The molecule has 0 aromatic rings. The minimum Gasteiger partial charge on any atom is -0.345 e. The largest absolute Gasteiger partial charge is 0.345 e. The molecule has 0 unspecified atom stereocenters. The number of alkyl halides is 1. The summed E-state index contributed by atoms with van der Waals surface area (Å²) in [5.74, 6) is 0.989. The van der Waals surface area contributed by atoms with Gasteiger partial charge in [-0.15, -0.1) is 0 Å². The highest BCUT2D eigenvalue weighted by molar-refractivity contribution is 9.09. The van der Waals surface area contributed by atoms with Crippen LogP contribution in [0, 0.1) is 5.92 Å².